The first-order valence-electron chi connectivity index (χ1n) is 7.59. The van der Waals surface area contributed by atoms with Gasteiger partial charge in [-0.15, -0.1) is 0 Å². The highest BCUT2D eigenvalue weighted by Gasteiger charge is 2.35. The number of carbonyl (C=O) groups is 3. The molecule has 124 valence electrons. The molecule has 23 heavy (non-hydrogen) atoms. The Labute approximate surface area is 140 Å². The number of carbonyl (C=O) groups excluding carboxylic acids is 3. The van der Waals surface area contributed by atoms with E-state index in [1.54, 1.807) is 13.8 Å². The largest absolute Gasteiger partial charge is 0.391 e. The van der Waals surface area contributed by atoms with Crippen molar-refractivity contribution in [1.29, 1.82) is 0 Å². The standard InChI is InChI=1S/C11H17NO4S.C6H4/c1-7(13)17-11(2,3)10(15)16-9(14)8-5-4-6-12-8;1-2-5-4-6(5)3-1/h8,12H,4-6H2,1-3H3;1-4H/t8-;/m0./s1. The summed E-state index contributed by atoms with van der Waals surface area (Å²) in [5.41, 5.74) is 2.85. The van der Waals surface area contributed by atoms with Crippen molar-refractivity contribution < 1.29 is 19.1 Å². The molecule has 3 rings (SSSR count). The van der Waals surface area contributed by atoms with Crippen molar-refractivity contribution in [3.8, 4) is 11.1 Å². The predicted octanol–water partition coefficient (Wildman–Crippen LogP) is 2.53. The van der Waals surface area contributed by atoms with E-state index in [0.29, 0.717) is 6.42 Å². The van der Waals surface area contributed by atoms with Gasteiger partial charge in [0.25, 0.3) is 0 Å². The highest BCUT2D eigenvalue weighted by molar-refractivity contribution is 8.15. The van der Waals surface area contributed by atoms with Crippen LogP contribution >= 0.6 is 11.8 Å². The summed E-state index contributed by atoms with van der Waals surface area (Å²) in [6.07, 6.45) is 1.59. The Hall–Kier alpha value is -1.66. The first kappa shape index (κ1) is 17.7. The topological polar surface area (TPSA) is 72.5 Å². The van der Waals surface area contributed by atoms with Gasteiger partial charge in [0.2, 0.25) is 0 Å². The molecule has 0 aromatic heterocycles. The number of benzene rings is 1. The highest BCUT2D eigenvalue weighted by atomic mass is 32.2. The maximum Gasteiger partial charge on any atom is 0.330 e. The number of thioether (sulfide) groups is 1. The van der Waals surface area contributed by atoms with Crippen molar-refractivity contribution in [2.45, 2.75) is 44.4 Å². The average Bonchev–Trinajstić information content (AvgIpc) is 2.91. The van der Waals surface area contributed by atoms with Gasteiger partial charge in [-0.1, -0.05) is 30.0 Å². The highest BCUT2D eigenvalue weighted by Crippen LogP contribution is 2.32. The van der Waals surface area contributed by atoms with E-state index in [1.807, 2.05) is 0 Å². The molecular weight excluding hydrogens is 314 g/mol. The lowest BCUT2D eigenvalue weighted by Crippen LogP contribution is -2.39. The van der Waals surface area contributed by atoms with Crippen molar-refractivity contribution in [3.05, 3.63) is 24.3 Å². The lowest BCUT2D eigenvalue weighted by atomic mass is 10.2. The van der Waals surface area contributed by atoms with Gasteiger partial charge in [-0.3, -0.25) is 9.59 Å². The maximum absolute atomic E-state index is 11.7. The van der Waals surface area contributed by atoms with Gasteiger partial charge < -0.3 is 10.1 Å². The smallest absolute Gasteiger partial charge is 0.330 e. The van der Waals surface area contributed by atoms with Gasteiger partial charge in [0.05, 0.1) is 0 Å². The molecule has 1 heterocycles. The second kappa shape index (κ2) is 7.27. The summed E-state index contributed by atoms with van der Waals surface area (Å²) in [7, 11) is 0. The lowest BCUT2D eigenvalue weighted by molar-refractivity contribution is -0.162. The molecule has 1 N–H and O–H groups in total. The Morgan fingerprint density at radius 2 is 1.91 bits per heavy atom. The van der Waals surface area contributed by atoms with E-state index < -0.39 is 22.7 Å². The number of nitrogens with one attached hydrogen (secondary N) is 1. The molecule has 3 aliphatic rings. The molecule has 1 aliphatic heterocycles. The molecule has 0 bridgehead atoms. The third-order valence-corrected chi connectivity index (χ3v) is 4.51. The van der Waals surface area contributed by atoms with Crippen molar-refractivity contribution >= 4 is 28.8 Å². The summed E-state index contributed by atoms with van der Waals surface area (Å²) in [6.45, 7) is 5.27. The lowest BCUT2D eigenvalue weighted by Gasteiger charge is -2.20. The zero-order valence-corrected chi connectivity index (χ0v) is 14.4. The van der Waals surface area contributed by atoms with Gasteiger partial charge in [0.15, 0.2) is 5.12 Å². The molecule has 0 spiro atoms. The van der Waals surface area contributed by atoms with Crippen LogP contribution in [0.25, 0.3) is 11.1 Å². The number of esters is 2. The summed E-state index contributed by atoms with van der Waals surface area (Å²) < 4.78 is 3.76. The van der Waals surface area contributed by atoms with Gasteiger partial charge in [-0.2, -0.15) is 0 Å². The van der Waals surface area contributed by atoms with Gasteiger partial charge in [0, 0.05) is 6.92 Å². The summed E-state index contributed by atoms with van der Waals surface area (Å²) in [5.74, 6) is -1.22. The quantitative estimate of drug-likeness (QED) is 0.686. The Morgan fingerprint density at radius 1 is 1.26 bits per heavy atom. The minimum Gasteiger partial charge on any atom is -0.391 e. The molecule has 5 nitrogen and oxygen atoms in total. The summed E-state index contributed by atoms with van der Waals surface area (Å²) >= 11 is 0.863. The first-order valence-corrected chi connectivity index (χ1v) is 8.41. The van der Waals surface area contributed by atoms with Crippen LogP contribution in [0.4, 0.5) is 0 Å². The van der Waals surface area contributed by atoms with Gasteiger partial charge in [-0.05, 0) is 50.4 Å². The molecule has 1 saturated heterocycles. The zero-order chi connectivity index (χ0) is 17.0. The summed E-state index contributed by atoms with van der Waals surface area (Å²) in [5, 5.41) is 2.77. The Bertz CT molecular complexity index is 604. The Kier molecular flexibility index (Phi) is 5.59. The first-order chi connectivity index (χ1) is 10.8. The number of ether oxygens (including phenoxy) is 1. The molecule has 0 unspecified atom stereocenters. The van der Waals surface area contributed by atoms with Crippen LogP contribution in [-0.4, -0.2) is 34.4 Å². The number of hydrogen-bond acceptors (Lipinski definition) is 6. The van der Waals surface area contributed by atoms with Crippen molar-refractivity contribution in [2.75, 3.05) is 6.54 Å². The van der Waals surface area contributed by atoms with Crippen LogP contribution in [-0.2, 0) is 19.1 Å². The van der Waals surface area contributed by atoms with Crippen molar-refractivity contribution in [1.82, 2.24) is 5.32 Å². The van der Waals surface area contributed by atoms with E-state index >= 15 is 0 Å². The summed E-state index contributed by atoms with van der Waals surface area (Å²) in [6, 6.07) is 8.09. The van der Waals surface area contributed by atoms with Gasteiger partial charge in [-0.25, -0.2) is 4.79 Å². The minimum atomic E-state index is -1.03. The second-order valence-corrected chi connectivity index (χ2v) is 7.84. The fourth-order valence-corrected chi connectivity index (χ4v) is 3.09. The van der Waals surface area contributed by atoms with E-state index in [2.05, 4.69) is 29.6 Å². The molecular formula is C17H21NO4S. The number of rotatable bonds is 3. The monoisotopic (exact) mass is 335 g/mol. The van der Waals surface area contributed by atoms with Crippen molar-refractivity contribution in [2.24, 2.45) is 0 Å². The Morgan fingerprint density at radius 3 is 2.30 bits per heavy atom. The van der Waals surface area contributed by atoms with Crippen LogP contribution in [0.2, 0.25) is 0 Å². The molecule has 0 amide bonds. The van der Waals surface area contributed by atoms with E-state index in [-0.39, 0.29) is 5.12 Å². The van der Waals surface area contributed by atoms with E-state index in [0.717, 1.165) is 24.7 Å². The summed E-state index contributed by atoms with van der Waals surface area (Å²) in [4.78, 5) is 34.3. The van der Waals surface area contributed by atoms with Crippen LogP contribution in [0.1, 0.15) is 33.6 Å². The van der Waals surface area contributed by atoms with Gasteiger partial charge >= 0.3 is 11.9 Å². The third-order valence-electron chi connectivity index (χ3n) is 3.54. The Balaban J connectivity index is 0.000000260. The fraction of sp³-hybridized carbons (Fsp3) is 0.471. The normalized spacial score (nSPS) is 17.8. The molecule has 6 heteroatoms. The average molecular weight is 335 g/mol. The SMILES string of the molecule is CC(=O)SC(C)(C)C(=O)OC(=O)[C@@H]1CCCN1.c1cc2cc-2c1. The predicted molar refractivity (Wildman–Crippen MR) is 89.9 cm³/mol. The van der Waals surface area contributed by atoms with Gasteiger partial charge in [0.1, 0.15) is 10.8 Å². The van der Waals surface area contributed by atoms with Crippen LogP contribution in [0.5, 0.6) is 0 Å². The van der Waals surface area contributed by atoms with Crippen LogP contribution in [0, 0.1) is 0 Å². The fourth-order valence-electron chi connectivity index (χ4n) is 2.25. The zero-order valence-electron chi connectivity index (χ0n) is 13.5. The number of hydrogen-bond donors (Lipinski definition) is 1. The van der Waals surface area contributed by atoms with Crippen molar-refractivity contribution in [3.63, 3.8) is 0 Å². The molecule has 0 radical (unpaired) electrons. The molecule has 1 fully saturated rings. The second-order valence-electron chi connectivity index (χ2n) is 6.04. The third kappa shape index (κ3) is 5.18. The molecule has 2 aliphatic carbocycles. The molecule has 0 aromatic rings. The number of fused-ring (bicyclic) bond motifs is 1. The van der Waals surface area contributed by atoms with Crippen LogP contribution < -0.4 is 5.32 Å². The van der Waals surface area contributed by atoms with Crippen LogP contribution in [0.3, 0.4) is 0 Å². The van der Waals surface area contributed by atoms with E-state index in [4.69, 9.17) is 4.74 Å². The van der Waals surface area contributed by atoms with Crippen LogP contribution in [0.15, 0.2) is 24.3 Å². The minimum absolute atomic E-state index is 0.182. The van der Waals surface area contributed by atoms with E-state index in [1.165, 1.54) is 18.1 Å². The molecule has 0 aromatic carbocycles. The molecule has 1 atom stereocenters. The molecule has 0 saturated carbocycles. The maximum atomic E-state index is 11.7. The van der Waals surface area contributed by atoms with E-state index in [9.17, 15) is 14.4 Å².